The minimum atomic E-state index is -0.128. The fourth-order valence-corrected chi connectivity index (χ4v) is 2.95. The van der Waals surface area contributed by atoms with Crippen LogP contribution >= 0.6 is 12.2 Å². The third kappa shape index (κ3) is 4.49. The van der Waals surface area contributed by atoms with Gasteiger partial charge in [0.05, 0.1) is 7.11 Å². The van der Waals surface area contributed by atoms with Gasteiger partial charge >= 0.3 is 0 Å². The van der Waals surface area contributed by atoms with Gasteiger partial charge in [-0.1, -0.05) is 25.5 Å². The van der Waals surface area contributed by atoms with Crippen LogP contribution in [0.1, 0.15) is 31.3 Å². The predicted molar refractivity (Wildman–Crippen MR) is 106 cm³/mol. The van der Waals surface area contributed by atoms with Crippen LogP contribution < -0.4 is 14.8 Å². The molecule has 0 aliphatic carbocycles. The topological polar surface area (TPSA) is 63.9 Å². The largest absolute Gasteiger partial charge is 0.493 e. The molecule has 1 aromatic carbocycles. The van der Waals surface area contributed by atoms with Gasteiger partial charge in [0.25, 0.3) is 5.91 Å². The van der Waals surface area contributed by atoms with Crippen molar-refractivity contribution in [2.24, 2.45) is 0 Å². The number of para-hydroxylation sites is 2. The summed E-state index contributed by atoms with van der Waals surface area (Å²) >= 11 is 5.24. The summed E-state index contributed by atoms with van der Waals surface area (Å²) in [5.74, 6) is 2.37. The van der Waals surface area contributed by atoms with Gasteiger partial charge in [-0.15, -0.1) is 0 Å². The Hall–Kier alpha value is -2.80. The Bertz CT molecular complexity index is 859. The van der Waals surface area contributed by atoms with E-state index in [0.717, 1.165) is 12.8 Å². The Morgan fingerprint density at radius 2 is 2.00 bits per heavy atom. The van der Waals surface area contributed by atoms with Crippen molar-refractivity contribution in [1.82, 2.24) is 10.2 Å². The van der Waals surface area contributed by atoms with Crippen molar-refractivity contribution < 1.29 is 18.7 Å². The van der Waals surface area contributed by atoms with Gasteiger partial charge in [0, 0.05) is 12.6 Å². The van der Waals surface area contributed by atoms with E-state index in [1.165, 1.54) is 0 Å². The summed E-state index contributed by atoms with van der Waals surface area (Å²) in [7, 11) is 1.60. The number of unbranched alkanes of at least 4 members (excludes halogenated alkanes) is 1. The van der Waals surface area contributed by atoms with Gasteiger partial charge in [0.1, 0.15) is 23.8 Å². The number of rotatable bonds is 8. The molecule has 0 unspecified atom stereocenters. The third-order valence-electron chi connectivity index (χ3n) is 4.11. The molecule has 6 nitrogen and oxygen atoms in total. The number of ether oxygens (including phenoxy) is 2. The molecule has 1 saturated heterocycles. The number of hydrogen-bond acceptors (Lipinski definition) is 5. The summed E-state index contributed by atoms with van der Waals surface area (Å²) < 4.78 is 16.8. The van der Waals surface area contributed by atoms with Crippen LogP contribution in [0.4, 0.5) is 0 Å². The summed E-state index contributed by atoms with van der Waals surface area (Å²) in [6.45, 7) is 2.95. The lowest BCUT2D eigenvalue weighted by atomic mass is 10.3. The molecule has 1 amide bonds. The number of nitrogens with zero attached hydrogens (tertiary/aromatic N) is 1. The first kappa shape index (κ1) is 19.0. The van der Waals surface area contributed by atoms with Crippen LogP contribution in [0.25, 0.3) is 6.08 Å². The minimum Gasteiger partial charge on any atom is -0.493 e. The highest BCUT2D eigenvalue weighted by Gasteiger charge is 2.30. The van der Waals surface area contributed by atoms with Crippen LogP contribution in [0, 0.1) is 0 Å². The standard InChI is InChI=1S/C20H22N2O4S/c1-3-4-11-22-19(23)16(21-20(22)27)12-14-9-10-15(26-14)13-25-18-8-6-5-7-17(18)24-2/h5-10,12H,3-4,11,13H2,1-2H3,(H,21,27)/b16-12+. The summed E-state index contributed by atoms with van der Waals surface area (Å²) in [5, 5.41) is 3.39. The average Bonchev–Trinajstić information content (AvgIpc) is 3.23. The van der Waals surface area contributed by atoms with E-state index in [1.807, 2.05) is 30.3 Å². The van der Waals surface area contributed by atoms with E-state index in [9.17, 15) is 4.79 Å². The molecule has 3 rings (SSSR count). The van der Waals surface area contributed by atoms with E-state index in [0.29, 0.717) is 40.4 Å². The van der Waals surface area contributed by atoms with E-state index >= 15 is 0 Å². The van der Waals surface area contributed by atoms with Crippen LogP contribution in [0.5, 0.6) is 11.5 Å². The first-order valence-corrected chi connectivity index (χ1v) is 9.22. The molecular formula is C20H22N2O4S. The second-order valence-corrected chi connectivity index (χ2v) is 6.43. The van der Waals surface area contributed by atoms with Gasteiger partial charge in [-0.05, 0) is 42.9 Å². The van der Waals surface area contributed by atoms with Gasteiger partial charge in [0.2, 0.25) is 0 Å². The smallest absolute Gasteiger partial charge is 0.276 e. The van der Waals surface area contributed by atoms with Gasteiger partial charge in [-0.2, -0.15) is 0 Å². The van der Waals surface area contributed by atoms with Crippen molar-refractivity contribution in [3.63, 3.8) is 0 Å². The SMILES string of the molecule is CCCCN1C(=O)/C(=C\c2ccc(COc3ccccc3OC)o2)NC1=S. The summed E-state index contributed by atoms with van der Waals surface area (Å²) in [6, 6.07) is 11.0. The lowest BCUT2D eigenvalue weighted by Crippen LogP contribution is -2.31. The quantitative estimate of drug-likeness (QED) is 0.551. The molecule has 2 aromatic rings. The number of nitrogens with one attached hydrogen (secondary N) is 1. The molecule has 7 heteroatoms. The van der Waals surface area contributed by atoms with Crippen LogP contribution in [0.15, 0.2) is 46.5 Å². The zero-order valence-corrected chi connectivity index (χ0v) is 16.2. The van der Waals surface area contributed by atoms with E-state index in [4.69, 9.17) is 26.1 Å². The Morgan fingerprint density at radius 3 is 2.74 bits per heavy atom. The highest BCUT2D eigenvalue weighted by atomic mass is 32.1. The molecule has 0 spiro atoms. The summed E-state index contributed by atoms with van der Waals surface area (Å²) in [6.07, 6.45) is 3.57. The minimum absolute atomic E-state index is 0.128. The highest BCUT2D eigenvalue weighted by Crippen LogP contribution is 2.27. The van der Waals surface area contributed by atoms with Crippen molar-refractivity contribution >= 4 is 29.3 Å². The number of carbonyl (C=O) groups is 1. The number of amides is 1. The third-order valence-corrected chi connectivity index (χ3v) is 4.43. The van der Waals surface area contributed by atoms with E-state index in [2.05, 4.69) is 12.2 Å². The number of carbonyl (C=O) groups excluding carboxylic acids is 1. The lowest BCUT2D eigenvalue weighted by molar-refractivity contribution is -0.122. The first-order chi connectivity index (χ1) is 13.1. The summed E-state index contributed by atoms with van der Waals surface area (Å²) in [4.78, 5) is 14.0. The maximum atomic E-state index is 12.4. The maximum absolute atomic E-state index is 12.4. The zero-order chi connectivity index (χ0) is 19.2. The highest BCUT2D eigenvalue weighted by molar-refractivity contribution is 7.80. The van der Waals surface area contributed by atoms with Gasteiger partial charge in [0.15, 0.2) is 16.6 Å². The molecule has 1 aromatic heterocycles. The molecule has 1 fully saturated rings. The molecule has 1 aliphatic rings. The molecule has 2 heterocycles. The first-order valence-electron chi connectivity index (χ1n) is 8.81. The number of methoxy groups -OCH3 is 1. The normalized spacial score (nSPS) is 15.3. The van der Waals surface area contributed by atoms with Gasteiger partial charge in [-0.25, -0.2) is 0 Å². The van der Waals surface area contributed by atoms with Crippen LogP contribution in [-0.2, 0) is 11.4 Å². The zero-order valence-electron chi connectivity index (χ0n) is 15.4. The van der Waals surface area contributed by atoms with E-state index in [1.54, 1.807) is 24.2 Å². The Morgan fingerprint density at radius 1 is 1.22 bits per heavy atom. The molecule has 0 saturated carbocycles. The molecule has 0 radical (unpaired) electrons. The van der Waals surface area contributed by atoms with Crippen molar-refractivity contribution in [2.45, 2.75) is 26.4 Å². The van der Waals surface area contributed by atoms with Gasteiger partial charge < -0.3 is 19.2 Å². The van der Waals surface area contributed by atoms with E-state index < -0.39 is 0 Å². The summed E-state index contributed by atoms with van der Waals surface area (Å²) in [5.41, 5.74) is 0.419. The van der Waals surface area contributed by atoms with E-state index in [-0.39, 0.29) is 12.5 Å². The predicted octanol–water partition coefficient (Wildman–Crippen LogP) is 3.72. The Balaban J connectivity index is 1.65. The number of benzene rings is 1. The van der Waals surface area contributed by atoms with Crippen LogP contribution in [-0.4, -0.2) is 29.6 Å². The second-order valence-electron chi connectivity index (χ2n) is 6.04. The fraction of sp³-hybridized carbons (Fsp3) is 0.300. The Labute approximate surface area is 163 Å². The molecule has 142 valence electrons. The molecule has 0 atom stereocenters. The Kier molecular flexibility index (Phi) is 6.13. The van der Waals surface area contributed by atoms with Crippen LogP contribution in [0.3, 0.4) is 0 Å². The second kappa shape index (κ2) is 8.73. The number of thiocarbonyl (C=S) groups is 1. The maximum Gasteiger partial charge on any atom is 0.276 e. The number of hydrogen-bond donors (Lipinski definition) is 1. The van der Waals surface area contributed by atoms with Crippen LogP contribution in [0.2, 0.25) is 0 Å². The molecular weight excluding hydrogens is 364 g/mol. The molecule has 1 N–H and O–H groups in total. The van der Waals surface area contributed by atoms with Crippen molar-refractivity contribution in [3.8, 4) is 11.5 Å². The van der Waals surface area contributed by atoms with Gasteiger partial charge in [-0.3, -0.25) is 9.69 Å². The molecule has 0 bridgehead atoms. The monoisotopic (exact) mass is 386 g/mol. The van der Waals surface area contributed by atoms with Crippen molar-refractivity contribution in [2.75, 3.05) is 13.7 Å². The fourth-order valence-electron chi connectivity index (χ4n) is 2.67. The van der Waals surface area contributed by atoms with Crippen molar-refractivity contribution in [1.29, 1.82) is 0 Å². The lowest BCUT2D eigenvalue weighted by Gasteiger charge is -2.12. The van der Waals surface area contributed by atoms with Crippen molar-refractivity contribution in [3.05, 3.63) is 53.6 Å². The molecule has 27 heavy (non-hydrogen) atoms. The molecule has 1 aliphatic heterocycles. The average molecular weight is 386 g/mol. The number of furan rings is 1.